The van der Waals surface area contributed by atoms with Crippen LogP contribution in [0.2, 0.25) is 0 Å². The second-order valence-corrected chi connectivity index (χ2v) is 5.33. The molecule has 0 aromatic carbocycles. The lowest BCUT2D eigenvalue weighted by Gasteiger charge is -1.94. The van der Waals surface area contributed by atoms with Crippen molar-refractivity contribution in [2.75, 3.05) is 13.2 Å². The van der Waals surface area contributed by atoms with Crippen LogP contribution >= 0.6 is 27.3 Å². The maximum atomic E-state index is 4.93. The summed E-state index contributed by atoms with van der Waals surface area (Å²) in [6, 6.07) is 4.15. The van der Waals surface area contributed by atoms with Crippen molar-refractivity contribution in [3.8, 4) is 0 Å². The molecule has 1 aliphatic heterocycles. The van der Waals surface area contributed by atoms with Gasteiger partial charge in [0, 0.05) is 4.88 Å². The summed E-state index contributed by atoms with van der Waals surface area (Å²) in [7, 11) is 0. The molecule has 2 heterocycles. The van der Waals surface area contributed by atoms with E-state index >= 15 is 0 Å². The van der Waals surface area contributed by atoms with Crippen LogP contribution in [-0.4, -0.2) is 19.5 Å². The second-order valence-electron chi connectivity index (χ2n) is 2.66. The number of rotatable bonds is 0. The average molecular weight is 265 g/mol. The van der Waals surface area contributed by atoms with Gasteiger partial charge in [0.1, 0.15) is 0 Å². The van der Waals surface area contributed by atoms with E-state index in [1.165, 1.54) is 8.66 Å². The lowest BCUT2D eigenvalue weighted by molar-refractivity contribution is -0.0254. The second kappa shape index (κ2) is 5.75. The molecule has 74 valence electrons. The normalized spacial score (nSPS) is 16.8. The smallest absolute Gasteiger partial charge is 0.155 e. The van der Waals surface area contributed by atoms with Gasteiger partial charge in [0.25, 0.3) is 0 Å². The van der Waals surface area contributed by atoms with E-state index in [-0.39, 0.29) is 6.29 Å². The van der Waals surface area contributed by atoms with Crippen molar-refractivity contribution in [3.63, 3.8) is 0 Å². The Morgan fingerprint density at radius 2 is 2.00 bits per heavy atom. The molecule has 1 fully saturated rings. The van der Waals surface area contributed by atoms with E-state index in [0.717, 1.165) is 13.2 Å². The molecule has 0 radical (unpaired) electrons. The third-order valence-electron chi connectivity index (χ3n) is 1.50. The molecule has 1 aromatic heterocycles. The summed E-state index contributed by atoms with van der Waals surface area (Å²) in [4.78, 5) is 1.35. The highest BCUT2D eigenvalue weighted by atomic mass is 79.9. The predicted molar refractivity (Wildman–Crippen MR) is 58.1 cm³/mol. The zero-order chi connectivity index (χ0) is 9.68. The Hall–Kier alpha value is 0.1000. The monoisotopic (exact) mass is 264 g/mol. The van der Waals surface area contributed by atoms with E-state index < -0.39 is 0 Å². The van der Waals surface area contributed by atoms with Crippen molar-refractivity contribution in [2.45, 2.75) is 20.1 Å². The Labute approximate surface area is 91.0 Å². The van der Waals surface area contributed by atoms with Gasteiger partial charge < -0.3 is 9.47 Å². The number of hydrogen-bond donors (Lipinski definition) is 0. The van der Waals surface area contributed by atoms with Gasteiger partial charge in [-0.05, 0) is 41.9 Å². The standard InChI is InChI=1S/C5H5BrS.C4H8O2/c1-4-2-3-5(6)7-4;1-4-5-2-3-6-4/h2-3H,1H3;4H,2-3H2,1H3. The highest BCUT2D eigenvalue weighted by Crippen LogP contribution is 2.20. The lowest BCUT2D eigenvalue weighted by atomic mass is 10.5. The summed E-state index contributed by atoms with van der Waals surface area (Å²) in [5.41, 5.74) is 0. The molecule has 2 rings (SSSR count). The predicted octanol–water partition coefficient (Wildman–Crippen LogP) is 3.20. The fourth-order valence-electron chi connectivity index (χ4n) is 0.881. The Morgan fingerprint density at radius 1 is 1.38 bits per heavy atom. The molecular formula is C9H13BrO2S. The molecule has 0 saturated carbocycles. The number of aryl methyl sites for hydroxylation is 1. The highest BCUT2D eigenvalue weighted by Gasteiger charge is 2.07. The van der Waals surface area contributed by atoms with E-state index in [1.54, 1.807) is 11.3 Å². The van der Waals surface area contributed by atoms with Crippen LogP contribution < -0.4 is 0 Å². The Bertz CT molecular complexity index is 227. The highest BCUT2D eigenvalue weighted by molar-refractivity contribution is 9.11. The number of halogens is 1. The fourth-order valence-corrected chi connectivity index (χ4v) is 2.36. The van der Waals surface area contributed by atoms with Gasteiger partial charge in [-0.1, -0.05) is 0 Å². The third kappa shape index (κ3) is 4.76. The third-order valence-corrected chi connectivity index (χ3v) is 3.04. The molecule has 0 aliphatic carbocycles. The van der Waals surface area contributed by atoms with Gasteiger partial charge in [-0.2, -0.15) is 0 Å². The molecule has 1 saturated heterocycles. The van der Waals surface area contributed by atoms with Crippen molar-refractivity contribution in [2.24, 2.45) is 0 Å². The summed E-state index contributed by atoms with van der Waals surface area (Å²) < 4.78 is 11.1. The van der Waals surface area contributed by atoms with Crippen LogP contribution in [0.3, 0.4) is 0 Å². The Morgan fingerprint density at radius 3 is 2.15 bits per heavy atom. The average Bonchev–Trinajstić information content (AvgIpc) is 2.64. The van der Waals surface area contributed by atoms with Gasteiger partial charge in [-0.25, -0.2) is 0 Å². The van der Waals surface area contributed by atoms with Crippen LogP contribution in [0.25, 0.3) is 0 Å². The number of ether oxygens (including phenoxy) is 2. The van der Waals surface area contributed by atoms with Gasteiger partial charge in [0.2, 0.25) is 0 Å². The van der Waals surface area contributed by atoms with Crippen LogP contribution in [-0.2, 0) is 9.47 Å². The number of thiophene rings is 1. The van der Waals surface area contributed by atoms with Crippen molar-refractivity contribution < 1.29 is 9.47 Å². The summed E-state index contributed by atoms with van der Waals surface area (Å²) >= 11 is 5.11. The Kier molecular flexibility index (Phi) is 4.94. The van der Waals surface area contributed by atoms with E-state index in [0.29, 0.717) is 0 Å². The summed E-state index contributed by atoms with van der Waals surface area (Å²) in [6.45, 7) is 5.52. The first-order chi connectivity index (χ1) is 6.18. The van der Waals surface area contributed by atoms with E-state index in [2.05, 4.69) is 35.0 Å². The Balaban J connectivity index is 0.000000132. The largest absolute Gasteiger partial charge is 0.351 e. The summed E-state index contributed by atoms with van der Waals surface area (Å²) in [5.74, 6) is 0. The molecular weight excluding hydrogens is 252 g/mol. The van der Waals surface area contributed by atoms with Crippen LogP contribution in [0, 0.1) is 6.92 Å². The maximum absolute atomic E-state index is 4.93. The molecule has 1 aliphatic rings. The minimum Gasteiger partial charge on any atom is -0.351 e. The van der Waals surface area contributed by atoms with Crippen molar-refractivity contribution >= 4 is 27.3 Å². The molecule has 0 unspecified atom stereocenters. The van der Waals surface area contributed by atoms with Crippen molar-refractivity contribution in [1.82, 2.24) is 0 Å². The van der Waals surface area contributed by atoms with Gasteiger partial charge in [-0.3, -0.25) is 0 Å². The molecule has 2 nitrogen and oxygen atoms in total. The molecule has 4 heteroatoms. The van der Waals surface area contributed by atoms with Crippen molar-refractivity contribution in [1.29, 1.82) is 0 Å². The van der Waals surface area contributed by atoms with E-state index in [1.807, 2.05) is 6.92 Å². The van der Waals surface area contributed by atoms with Crippen LogP contribution in [0.5, 0.6) is 0 Å². The van der Waals surface area contributed by atoms with Crippen LogP contribution in [0.15, 0.2) is 15.9 Å². The molecule has 0 amide bonds. The molecule has 13 heavy (non-hydrogen) atoms. The molecule has 1 aromatic rings. The fraction of sp³-hybridized carbons (Fsp3) is 0.556. The molecule has 0 atom stereocenters. The first-order valence-electron chi connectivity index (χ1n) is 4.13. The van der Waals surface area contributed by atoms with Gasteiger partial charge in [0.05, 0.1) is 17.0 Å². The zero-order valence-electron chi connectivity index (χ0n) is 7.75. The van der Waals surface area contributed by atoms with Gasteiger partial charge in [-0.15, -0.1) is 11.3 Å². The zero-order valence-corrected chi connectivity index (χ0v) is 10.2. The molecule has 0 spiro atoms. The first-order valence-corrected chi connectivity index (χ1v) is 5.74. The van der Waals surface area contributed by atoms with E-state index in [9.17, 15) is 0 Å². The minimum atomic E-state index is 0.0463. The van der Waals surface area contributed by atoms with Crippen molar-refractivity contribution in [3.05, 3.63) is 20.8 Å². The van der Waals surface area contributed by atoms with Gasteiger partial charge in [0.15, 0.2) is 6.29 Å². The summed E-state index contributed by atoms with van der Waals surface area (Å²) in [5, 5.41) is 0. The summed E-state index contributed by atoms with van der Waals surface area (Å²) in [6.07, 6.45) is 0.0463. The number of hydrogen-bond acceptors (Lipinski definition) is 3. The van der Waals surface area contributed by atoms with E-state index in [4.69, 9.17) is 9.47 Å². The SMILES string of the molecule is CC1OCCO1.Cc1ccc(Br)s1. The first kappa shape index (κ1) is 11.2. The molecule has 0 bridgehead atoms. The quantitative estimate of drug-likeness (QED) is 0.717. The minimum absolute atomic E-state index is 0.0463. The molecule has 0 N–H and O–H groups in total. The van der Waals surface area contributed by atoms with Gasteiger partial charge >= 0.3 is 0 Å². The van der Waals surface area contributed by atoms with Crippen LogP contribution in [0.1, 0.15) is 11.8 Å². The van der Waals surface area contributed by atoms with Crippen LogP contribution in [0.4, 0.5) is 0 Å². The lowest BCUT2D eigenvalue weighted by Crippen LogP contribution is -1.97. The maximum Gasteiger partial charge on any atom is 0.155 e. The topological polar surface area (TPSA) is 18.5 Å².